The van der Waals surface area contributed by atoms with Crippen molar-refractivity contribution in [1.82, 2.24) is 4.58 Å². The molecule has 0 saturated heterocycles. The van der Waals surface area contributed by atoms with Crippen LogP contribution in [0.4, 0.5) is 17.1 Å². The van der Waals surface area contributed by atoms with Gasteiger partial charge in [-0.3, -0.25) is 5.41 Å². The summed E-state index contributed by atoms with van der Waals surface area (Å²) in [6.07, 6.45) is 27.7. The van der Waals surface area contributed by atoms with Crippen LogP contribution < -0.4 is 49.6 Å². The van der Waals surface area contributed by atoms with Crippen LogP contribution in [0.2, 0.25) is 0 Å². The van der Waals surface area contributed by atoms with Gasteiger partial charge in [0.25, 0.3) is 0 Å². The average molecular weight is 2040 g/mol. The molecule has 20 rings (SSSR count). The molecule has 0 spiro atoms. The van der Waals surface area contributed by atoms with Crippen LogP contribution in [0.25, 0.3) is 5.57 Å². The summed E-state index contributed by atoms with van der Waals surface area (Å²) in [7, 11) is -15.2. The number of nitrogens with one attached hydrogen (secondary N) is 1. The largest absolute Gasteiger partial charge is 0.744 e. The fraction of sp³-hybridized carbons (Fsp3) is 0.375. The van der Waals surface area contributed by atoms with Gasteiger partial charge in [-0.2, -0.15) is 4.58 Å². The molecule has 0 bridgehead atoms. The molecule has 6 N–H and O–H groups in total. The van der Waals surface area contributed by atoms with Gasteiger partial charge in [-0.15, -0.1) is 0 Å². The number of carbonyl (C=O) groups is 3. The summed E-state index contributed by atoms with van der Waals surface area (Å²) < 4.78 is 135. The van der Waals surface area contributed by atoms with Gasteiger partial charge in [0.15, 0.2) is 15.5 Å². The third kappa shape index (κ3) is 19.6. The number of aromatic carboxylic acids is 3. The molecule has 9 aliphatic heterocycles. The standard InChI is InChI=1S/C35H36N2O3.C32H41N2.C29H33NO6S.C24H23NO9S2/c1-20(2)21-11-12-24(27(17-21)35(38)39)30-28-18-22-7-3-13-36-15-5-9-25(31(22)36)33(28)40-34-26-10-6-16-37-14-4-8-23(32(26)37)19-29(30)34;1-10-33-27-18-16-23(4)20-25(27)31(6,7)29(33)14-12-11-13-15-30-32(8,9)26-21-24(5)17-19-28(26)34(30)22(2)3;1-6-8-19-15-25-23(13-17(19)5)26(20-10-9-18(16(3)4)14-22(20)29(31)32)21-11-12-24(30-7-2)28(27(21)36-25)37(33,34)35;1-11(2)13-5-7-14(17(10-13)24(26)27)19-15-6-4-12(3)22(35(28,29)30)20(15)34-21-16(19)8-9-18(25)23(21)36(31,32)33/h11-12,17-20H,3-10,13-16H2,1-2H3;11-22H,10H2,1-9H3;9-16,21,26H,6-8H2,1-5H3,(H,31,32)(H,33,34,35);4-11,16,19,25H,1-3H3,(H,26,27)(H,28,29,30)(H,31,32,33)/q;+1;;. The first-order valence-corrected chi connectivity index (χ1v) is 55.7. The van der Waals surface area contributed by atoms with E-state index in [9.17, 15) is 68.6 Å². The number of nitrogens with two attached hydrogens (primary N) is 1. The van der Waals surface area contributed by atoms with Crippen molar-refractivity contribution in [3.05, 3.63) is 348 Å². The van der Waals surface area contributed by atoms with Crippen LogP contribution in [-0.4, -0.2) is 139 Å². The lowest BCUT2D eigenvalue weighted by atomic mass is 9.73. The second-order valence-electron chi connectivity index (χ2n) is 42.7. The number of carboxylic acids is 3. The summed E-state index contributed by atoms with van der Waals surface area (Å²) in [5.74, 6) is -4.60. The Hall–Kier alpha value is -13.0. The lowest BCUT2D eigenvalue weighted by Crippen LogP contribution is -2.73. The molecule has 24 nitrogen and oxygen atoms in total. The Morgan fingerprint density at radius 1 is 0.551 bits per heavy atom. The number of benzene rings is 9. The number of fused-ring (bicyclic) bond motifs is 10. The molecule has 0 saturated carbocycles. The molecule has 4 unspecified atom stereocenters. The van der Waals surface area contributed by atoms with Crippen molar-refractivity contribution in [3.8, 4) is 23.0 Å². The zero-order chi connectivity index (χ0) is 106. The van der Waals surface area contributed by atoms with E-state index in [-0.39, 0.29) is 67.9 Å². The van der Waals surface area contributed by atoms with E-state index < -0.39 is 104 Å². The minimum atomic E-state index is -5.21. The number of hydrogen-bond acceptors (Lipinski definition) is 17. The quantitative estimate of drug-likeness (QED) is 0.0269. The first-order chi connectivity index (χ1) is 69.6. The van der Waals surface area contributed by atoms with Crippen LogP contribution in [0.1, 0.15) is 308 Å². The minimum Gasteiger partial charge on any atom is -0.744 e. The molecule has 4 atom stereocenters. The van der Waals surface area contributed by atoms with Crippen LogP contribution in [0.15, 0.2) is 214 Å². The second kappa shape index (κ2) is 40.9. The number of ether oxygens (including phenoxy) is 3. The predicted molar refractivity (Wildman–Crippen MR) is 572 cm³/mol. The molecule has 0 radical (unpaired) electrons. The van der Waals surface area contributed by atoms with Gasteiger partial charge >= 0.3 is 17.9 Å². The first-order valence-electron chi connectivity index (χ1n) is 51.4. The lowest BCUT2D eigenvalue weighted by molar-refractivity contribution is -0.450. The monoisotopic (exact) mass is 2040 g/mol. The van der Waals surface area contributed by atoms with E-state index in [4.69, 9.17) is 19.6 Å². The summed E-state index contributed by atoms with van der Waals surface area (Å²) in [6.45, 7) is 45.6. The molecule has 0 fully saturated rings. The summed E-state index contributed by atoms with van der Waals surface area (Å²) >= 11 is 0. The molecule has 147 heavy (non-hydrogen) atoms. The molecular formula is C120H133N6O18S3+. The Bertz CT molecular complexity index is 7860. The van der Waals surface area contributed by atoms with E-state index in [1.165, 1.54) is 116 Å². The van der Waals surface area contributed by atoms with E-state index in [0.717, 1.165) is 164 Å². The predicted octanol–water partition coefficient (Wildman–Crippen LogP) is 18.0. The van der Waals surface area contributed by atoms with Crippen LogP contribution in [0, 0.1) is 39.5 Å². The van der Waals surface area contributed by atoms with Crippen molar-refractivity contribution in [1.29, 1.82) is 0 Å². The Kier molecular flexibility index (Phi) is 29.3. The topological polar surface area (TPSA) is 363 Å². The van der Waals surface area contributed by atoms with Gasteiger partial charge in [0.2, 0.25) is 22.5 Å². The third-order valence-electron chi connectivity index (χ3n) is 30.9. The van der Waals surface area contributed by atoms with Crippen molar-refractivity contribution >= 4 is 88.0 Å². The smallest absolute Gasteiger partial charge is 0.336 e. The van der Waals surface area contributed by atoms with E-state index in [1.807, 2.05) is 71.9 Å². The summed E-state index contributed by atoms with van der Waals surface area (Å²) in [5.41, 5.74) is 27.4. The molecule has 768 valence electrons. The van der Waals surface area contributed by atoms with Gasteiger partial charge in [0, 0.05) is 147 Å². The molecule has 0 amide bonds. The number of nitrogens with zero attached hydrogens (tertiary/aromatic N) is 4. The van der Waals surface area contributed by atoms with Gasteiger partial charge in [-0.25, -0.2) is 49.2 Å². The van der Waals surface area contributed by atoms with Gasteiger partial charge in [0.05, 0.1) is 27.7 Å². The van der Waals surface area contributed by atoms with Crippen molar-refractivity contribution in [2.24, 2.45) is 11.8 Å². The number of carboxylic acid groups (broad SMARTS) is 3. The summed E-state index contributed by atoms with van der Waals surface area (Å²) in [5, 5.41) is 39.0. The average Bonchev–Trinajstić information content (AvgIpc) is 1.71. The maximum absolute atomic E-state index is 12.8. The molecule has 2 aliphatic carbocycles. The molecule has 9 heterocycles. The Morgan fingerprint density at radius 3 is 1.72 bits per heavy atom. The highest BCUT2D eigenvalue weighted by Crippen LogP contribution is 2.57. The number of rotatable bonds is 20. The minimum absolute atomic E-state index is 0.00154. The normalized spacial score (nSPS) is 19.5. The zero-order valence-electron chi connectivity index (χ0n) is 87.3. The maximum Gasteiger partial charge on any atom is 0.336 e. The SMILES string of the molecule is CC(C)c1ccc(C2=c3cc4c5c(c3Oc3c2cc2c6c3CCCN6CCC2)CCC[N+]=5CCC4)c(C(=O)O)c1.CCCc1cc2c(cc1C)C(c1ccc(C(C)C)cc1C(=O)O)C1C=CC(=[NH+]CC)C(S(=O)(=O)[O-])=C1O2.CC[N+]1=C(C=CC=CC=C2N(C(C)C)c3ccc(C)cc3C2(C)C)C(C)(C)c2cc(C)ccc21.Cc1ccc2c(c1S(=O)(=O)[O-])OC1=C(S(=O)(=O)[O-])C(=[NH2+])C=CC1C2c1ccc(C(C)C)cc1C(=O)O. The molecule has 27 heteroatoms. The van der Waals surface area contributed by atoms with Gasteiger partial charge in [-0.1, -0.05) is 183 Å². The number of hydrogen-bond donors (Lipinski definition) is 5. The fourth-order valence-corrected chi connectivity index (χ4v) is 26.3. The van der Waals surface area contributed by atoms with Crippen LogP contribution in [-0.2, 0) is 73.3 Å². The Labute approximate surface area is 863 Å². The number of anilines is 2. The Balaban J connectivity index is 0.000000134. The van der Waals surface area contributed by atoms with Crippen LogP contribution in [0.3, 0.4) is 0 Å². The van der Waals surface area contributed by atoms with E-state index in [0.29, 0.717) is 29.5 Å². The Morgan fingerprint density at radius 2 is 1.12 bits per heavy atom. The second-order valence-corrected chi connectivity index (χ2v) is 46.6. The number of allylic oxidation sites excluding steroid dienone is 12. The van der Waals surface area contributed by atoms with Crippen molar-refractivity contribution in [2.45, 2.75) is 247 Å². The van der Waals surface area contributed by atoms with Crippen LogP contribution >= 0.6 is 0 Å². The lowest BCUT2D eigenvalue weighted by Gasteiger charge is -2.39. The number of aryl methyl sites for hydroxylation is 7. The van der Waals surface area contributed by atoms with Gasteiger partial charge < -0.3 is 53.0 Å². The third-order valence-corrected chi connectivity index (χ3v) is 33.8. The van der Waals surface area contributed by atoms with Crippen molar-refractivity contribution in [2.75, 3.05) is 49.1 Å². The van der Waals surface area contributed by atoms with E-state index in [2.05, 4.69) is 198 Å². The highest BCUT2D eigenvalue weighted by molar-refractivity contribution is 7.91. The van der Waals surface area contributed by atoms with Crippen molar-refractivity contribution < 1.29 is 97.8 Å². The molecular weight excluding hydrogens is 1910 g/mol. The van der Waals surface area contributed by atoms with Gasteiger partial charge in [0.1, 0.15) is 95.9 Å². The fourth-order valence-electron chi connectivity index (χ4n) is 23.9. The molecule has 0 aromatic heterocycles. The van der Waals surface area contributed by atoms with Crippen LogP contribution in [0.5, 0.6) is 23.0 Å². The van der Waals surface area contributed by atoms with Crippen molar-refractivity contribution in [3.63, 3.8) is 0 Å². The molecule has 9 aromatic rings. The van der Waals surface area contributed by atoms with E-state index in [1.54, 1.807) is 30.4 Å². The van der Waals surface area contributed by atoms with E-state index >= 15 is 0 Å². The van der Waals surface area contributed by atoms with Gasteiger partial charge in [-0.05, 0) is 248 Å². The highest BCUT2D eigenvalue weighted by atomic mass is 32.2. The first kappa shape index (κ1) is 105. The summed E-state index contributed by atoms with van der Waals surface area (Å²) in [4.78, 5) is 43.5. The zero-order valence-corrected chi connectivity index (χ0v) is 89.8. The highest BCUT2D eigenvalue weighted by Gasteiger charge is 2.50. The summed E-state index contributed by atoms with van der Waals surface area (Å²) in [6, 6.07) is 41.9. The maximum atomic E-state index is 12.8. The molecule has 11 aliphatic rings. The molecule has 9 aromatic carbocycles.